The molecule has 4 atom stereocenters. The lowest BCUT2D eigenvalue weighted by atomic mass is 9.80. The molecule has 2 fully saturated rings. The summed E-state index contributed by atoms with van der Waals surface area (Å²) in [6.07, 6.45) is 0.103. The van der Waals surface area contributed by atoms with E-state index in [4.69, 9.17) is 9.57 Å². The van der Waals surface area contributed by atoms with Crippen LogP contribution in [0.15, 0.2) is 60.7 Å². The van der Waals surface area contributed by atoms with Crippen molar-refractivity contribution in [1.82, 2.24) is 5.06 Å². The standard InChI is InChI=1S/C21H25NO3/c1-15-20-17(13-24-15)14-25-22(20)16(2)21(23,18-9-5-3-6-10-18)19-11-7-4-8-12-19/h3-12,15-17,20,23H,13-14H2,1-2H3/t15-,16-,17-,20-/m0/s1. The highest BCUT2D eigenvalue weighted by molar-refractivity contribution is 5.38. The summed E-state index contributed by atoms with van der Waals surface area (Å²) in [7, 11) is 0. The van der Waals surface area contributed by atoms with E-state index in [0.29, 0.717) is 12.5 Å². The number of nitrogens with zero attached hydrogens (tertiary/aromatic N) is 1. The van der Waals surface area contributed by atoms with Crippen LogP contribution < -0.4 is 0 Å². The third-order valence-corrected chi connectivity index (χ3v) is 5.68. The Morgan fingerprint density at radius 1 is 1.00 bits per heavy atom. The number of rotatable bonds is 4. The van der Waals surface area contributed by atoms with E-state index in [-0.39, 0.29) is 18.2 Å². The predicted molar refractivity (Wildman–Crippen MR) is 95.8 cm³/mol. The average Bonchev–Trinajstić information content (AvgIpc) is 3.25. The molecule has 0 spiro atoms. The number of hydrogen-bond acceptors (Lipinski definition) is 4. The molecule has 0 saturated carbocycles. The second kappa shape index (κ2) is 6.54. The third kappa shape index (κ3) is 2.70. The highest BCUT2D eigenvalue weighted by Gasteiger charge is 2.51. The number of fused-ring (bicyclic) bond motifs is 1. The molecule has 0 aromatic heterocycles. The van der Waals surface area contributed by atoms with Gasteiger partial charge in [-0.25, -0.2) is 0 Å². The van der Waals surface area contributed by atoms with E-state index in [0.717, 1.165) is 17.7 Å². The van der Waals surface area contributed by atoms with Crippen LogP contribution in [-0.4, -0.2) is 41.6 Å². The number of ether oxygens (including phenoxy) is 1. The fourth-order valence-electron chi connectivity index (χ4n) is 4.27. The maximum Gasteiger partial charge on any atom is 0.132 e. The Bertz CT molecular complexity index is 666. The molecule has 4 nitrogen and oxygen atoms in total. The van der Waals surface area contributed by atoms with Crippen LogP contribution in [0.5, 0.6) is 0 Å². The minimum atomic E-state index is -1.17. The first-order valence-corrected chi connectivity index (χ1v) is 8.98. The first kappa shape index (κ1) is 16.7. The van der Waals surface area contributed by atoms with Crippen molar-refractivity contribution in [3.8, 4) is 0 Å². The molecule has 1 N–H and O–H groups in total. The fourth-order valence-corrected chi connectivity index (χ4v) is 4.27. The van der Waals surface area contributed by atoms with Gasteiger partial charge in [-0.2, -0.15) is 5.06 Å². The van der Waals surface area contributed by atoms with Crippen LogP contribution in [0.25, 0.3) is 0 Å². The SMILES string of the molecule is C[C@@H]1OC[C@H]2CON([C@@H](C)C(O)(c3ccccc3)c3ccccc3)[C@H]21. The van der Waals surface area contributed by atoms with Gasteiger partial charge < -0.3 is 9.84 Å². The maximum atomic E-state index is 11.9. The van der Waals surface area contributed by atoms with Crippen LogP contribution in [0.3, 0.4) is 0 Å². The van der Waals surface area contributed by atoms with Gasteiger partial charge in [-0.15, -0.1) is 0 Å². The van der Waals surface area contributed by atoms with E-state index in [1.807, 2.05) is 72.7 Å². The smallest absolute Gasteiger partial charge is 0.132 e. The summed E-state index contributed by atoms with van der Waals surface area (Å²) < 4.78 is 5.82. The zero-order valence-electron chi connectivity index (χ0n) is 14.7. The maximum absolute atomic E-state index is 11.9. The Kier molecular flexibility index (Phi) is 4.38. The van der Waals surface area contributed by atoms with Gasteiger partial charge in [-0.1, -0.05) is 60.7 Å². The van der Waals surface area contributed by atoms with Gasteiger partial charge in [0.1, 0.15) is 5.60 Å². The summed E-state index contributed by atoms with van der Waals surface area (Å²) in [5.41, 5.74) is 0.569. The van der Waals surface area contributed by atoms with E-state index in [1.54, 1.807) is 0 Å². The summed E-state index contributed by atoms with van der Waals surface area (Å²) in [5, 5.41) is 13.9. The Hall–Kier alpha value is -1.72. The van der Waals surface area contributed by atoms with E-state index < -0.39 is 5.60 Å². The Balaban J connectivity index is 1.76. The molecular formula is C21H25NO3. The second-order valence-corrected chi connectivity index (χ2v) is 7.12. The van der Waals surface area contributed by atoms with Gasteiger partial charge in [0, 0.05) is 5.92 Å². The average molecular weight is 339 g/mol. The molecule has 0 amide bonds. The molecule has 2 aliphatic rings. The largest absolute Gasteiger partial charge is 0.379 e. The van der Waals surface area contributed by atoms with Crippen LogP contribution in [0.4, 0.5) is 0 Å². The highest BCUT2D eigenvalue weighted by Crippen LogP contribution is 2.41. The van der Waals surface area contributed by atoms with Gasteiger partial charge in [-0.05, 0) is 25.0 Å². The molecule has 4 heteroatoms. The monoisotopic (exact) mass is 339 g/mol. The van der Waals surface area contributed by atoms with Gasteiger partial charge in [0.25, 0.3) is 0 Å². The zero-order valence-corrected chi connectivity index (χ0v) is 14.7. The van der Waals surface area contributed by atoms with Crippen molar-refractivity contribution in [2.45, 2.75) is 37.6 Å². The normalized spacial score (nSPS) is 28.0. The van der Waals surface area contributed by atoms with Crippen molar-refractivity contribution in [3.63, 3.8) is 0 Å². The minimum absolute atomic E-state index is 0.103. The summed E-state index contributed by atoms with van der Waals surface area (Å²) in [4.78, 5) is 6.03. The van der Waals surface area contributed by atoms with Crippen LogP contribution in [0.1, 0.15) is 25.0 Å². The Morgan fingerprint density at radius 2 is 1.56 bits per heavy atom. The van der Waals surface area contributed by atoms with Gasteiger partial charge in [0.05, 0.1) is 31.4 Å². The third-order valence-electron chi connectivity index (χ3n) is 5.68. The van der Waals surface area contributed by atoms with Gasteiger partial charge in [-0.3, -0.25) is 4.84 Å². The summed E-state index contributed by atoms with van der Waals surface area (Å²) in [6, 6.07) is 19.6. The number of benzene rings is 2. The Labute approximate surface area is 148 Å². The molecule has 2 aromatic carbocycles. The molecule has 2 aliphatic heterocycles. The minimum Gasteiger partial charge on any atom is -0.379 e. The van der Waals surface area contributed by atoms with Crippen LogP contribution in [0, 0.1) is 5.92 Å². The van der Waals surface area contributed by atoms with E-state index in [9.17, 15) is 5.11 Å². The van der Waals surface area contributed by atoms with Crippen LogP contribution in [-0.2, 0) is 15.2 Å². The summed E-state index contributed by atoms with van der Waals surface area (Å²) >= 11 is 0. The number of hydroxylamine groups is 2. The fraction of sp³-hybridized carbons (Fsp3) is 0.429. The predicted octanol–water partition coefficient (Wildman–Crippen LogP) is 2.96. The van der Waals surface area contributed by atoms with Crippen molar-refractivity contribution < 1.29 is 14.7 Å². The van der Waals surface area contributed by atoms with Crippen molar-refractivity contribution in [3.05, 3.63) is 71.8 Å². The molecule has 0 unspecified atom stereocenters. The first-order valence-electron chi connectivity index (χ1n) is 8.98. The van der Waals surface area contributed by atoms with Gasteiger partial charge in [0.15, 0.2) is 0 Å². The molecule has 25 heavy (non-hydrogen) atoms. The highest BCUT2D eigenvalue weighted by atomic mass is 16.7. The molecule has 2 aromatic rings. The van der Waals surface area contributed by atoms with Crippen molar-refractivity contribution >= 4 is 0 Å². The zero-order chi connectivity index (χ0) is 17.4. The second-order valence-electron chi connectivity index (χ2n) is 7.12. The van der Waals surface area contributed by atoms with E-state index in [2.05, 4.69) is 6.92 Å². The molecule has 4 rings (SSSR count). The molecule has 0 radical (unpaired) electrons. The van der Waals surface area contributed by atoms with Crippen molar-refractivity contribution in [2.75, 3.05) is 13.2 Å². The molecule has 0 bridgehead atoms. The van der Waals surface area contributed by atoms with Crippen LogP contribution in [0.2, 0.25) is 0 Å². The topological polar surface area (TPSA) is 41.9 Å². The first-order chi connectivity index (χ1) is 12.1. The molecule has 132 valence electrons. The molecule has 2 heterocycles. The summed E-state index contributed by atoms with van der Waals surface area (Å²) in [5.74, 6) is 0.369. The lowest BCUT2D eigenvalue weighted by Crippen LogP contribution is -2.53. The van der Waals surface area contributed by atoms with E-state index >= 15 is 0 Å². The number of aliphatic hydroxyl groups is 1. The summed E-state index contributed by atoms with van der Waals surface area (Å²) in [6.45, 7) is 5.50. The Morgan fingerprint density at radius 3 is 2.12 bits per heavy atom. The van der Waals surface area contributed by atoms with Crippen LogP contribution >= 0.6 is 0 Å². The molecule has 0 aliphatic carbocycles. The quantitative estimate of drug-likeness (QED) is 0.930. The van der Waals surface area contributed by atoms with Gasteiger partial charge in [0.2, 0.25) is 0 Å². The lowest BCUT2D eigenvalue weighted by Gasteiger charge is -2.41. The van der Waals surface area contributed by atoms with Crippen molar-refractivity contribution in [1.29, 1.82) is 0 Å². The molecule has 2 saturated heterocycles. The van der Waals surface area contributed by atoms with E-state index in [1.165, 1.54) is 0 Å². The van der Waals surface area contributed by atoms with Crippen molar-refractivity contribution in [2.24, 2.45) is 5.92 Å². The molecular weight excluding hydrogens is 314 g/mol. The number of hydrogen-bond donors (Lipinski definition) is 1. The lowest BCUT2D eigenvalue weighted by molar-refractivity contribution is -0.210. The van der Waals surface area contributed by atoms with Gasteiger partial charge >= 0.3 is 0 Å².